The van der Waals surface area contributed by atoms with E-state index < -0.39 is 97.5 Å². The predicted octanol–water partition coefficient (Wildman–Crippen LogP) is 15.3. The fourth-order valence-electron chi connectivity index (χ4n) is 8.44. The van der Waals surface area contributed by atoms with Gasteiger partial charge in [0.25, 0.3) is 0 Å². The van der Waals surface area contributed by atoms with E-state index in [-0.39, 0.29) is 25.7 Å². The van der Waals surface area contributed by atoms with Crippen LogP contribution in [0, 0.1) is 11.8 Å². The minimum absolute atomic E-state index is 0.0984. The summed E-state index contributed by atoms with van der Waals surface area (Å²) in [4.78, 5) is 71.4. The molecule has 0 saturated carbocycles. The van der Waals surface area contributed by atoms with Crippen LogP contribution in [0.1, 0.15) is 279 Å². The summed E-state index contributed by atoms with van der Waals surface area (Å²) in [5, 5.41) is 10.4. The summed E-state index contributed by atoms with van der Waals surface area (Å²) in [5.41, 5.74) is 0. The largest absolute Gasteiger partial charge is 0.472 e. The number of aliphatic hydroxyl groups is 1. The first-order valence-corrected chi connectivity index (χ1v) is 33.5. The lowest BCUT2D eigenvalue weighted by atomic mass is 10.00. The number of phosphoric acid groups is 2. The van der Waals surface area contributed by atoms with Gasteiger partial charge < -0.3 is 33.8 Å². The van der Waals surface area contributed by atoms with Gasteiger partial charge in [-0.05, 0) is 37.5 Å². The Morgan fingerprint density at radius 2 is 0.662 bits per heavy atom. The van der Waals surface area contributed by atoms with Crippen molar-refractivity contribution in [3.63, 3.8) is 0 Å². The fourth-order valence-corrected chi connectivity index (χ4v) is 10.0. The third-order valence-corrected chi connectivity index (χ3v) is 15.5. The minimum Gasteiger partial charge on any atom is -0.462 e. The summed E-state index contributed by atoms with van der Waals surface area (Å²) in [6.07, 6.45) is 31.6. The highest BCUT2D eigenvalue weighted by atomic mass is 31.2. The third-order valence-electron chi connectivity index (χ3n) is 13.6. The number of hydrogen-bond donors (Lipinski definition) is 3. The van der Waals surface area contributed by atoms with Gasteiger partial charge >= 0.3 is 39.5 Å². The zero-order valence-corrected chi connectivity index (χ0v) is 51.0. The third kappa shape index (κ3) is 51.9. The average Bonchev–Trinajstić information content (AvgIpc) is 3.39. The maximum absolute atomic E-state index is 12.9. The lowest BCUT2D eigenvalue weighted by Crippen LogP contribution is -2.30. The van der Waals surface area contributed by atoms with E-state index in [9.17, 15) is 43.2 Å². The van der Waals surface area contributed by atoms with Gasteiger partial charge in [0.2, 0.25) is 0 Å². The Hall–Kier alpha value is -1.94. The van der Waals surface area contributed by atoms with Crippen LogP contribution < -0.4 is 0 Å². The monoisotopic (exact) mass is 1140 g/mol. The van der Waals surface area contributed by atoms with Crippen molar-refractivity contribution in [2.45, 2.75) is 297 Å². The first kappa shape index (κ1) is 75.1. The van der Waals surface area contributed by atoms with E-state index in [0.29, 0.717) is 25.7 Å². The van der Waals surface area contributed by atoms with Gasteiger partial charge in [-0.15, -0.1) is 0 Å². The summed E-state index contributed by atoms with van der Waals surface area (Å²) < 4.78 is 67.3. The molecular formula is C58H112O17P2. The van der Waals surface area contributed by atoms with E-state index in [1.165, 1.54) is 83.5 Å². The van der Waals surface area contributed by atoms with Crippen molar-refractivity contribution in [1.82, 2.24) is 0 Å². The summed E-state index contributed by atoms with van der Waals surface area (Å²) in [7, 11) is -9.86. The Kier molecular flexibility index (Phi) is 49.7. The van der Waals surface area contributed by atoms with Gasteiger partial charge in [-0.25, -0.2) is 9.13 Å². The van der Waals surface area contributed by atoms with Gasteiger partial charge in [0.1, 0.15) is 19.3 Å². The van der Waals surface area contributed by atoms with Gasteiger partial charge in [0.15, 0.2) is 12.2 Å². The Bertz CT molecular complexity index is 1530. The zero-order chi connectivity index (χ0) is 57.3. The molecule has 19 heteroatoms. The number of rotatable bonds is 57. The number of ether oxygens (including phenoxy) is 4. The molecule has 3 unspecified atom stereocenters. The van der Waals surface area contributed by atoms with Gasteiger partial charge in [0.05, 0.1) is 26.4 Å². The molecule has 0 aromatic carbocycles. The molecule has 0 aromatic rings. The number of unbranched alkanes of at least 4 members (excludes halogenated alkanes) is 26. The second-order valence-electron chi connectivity index (χ2n) is 21.7. The van der Waals surface area contributed by atoms with Gasteiger partial charge in [0, 0.05) is 25.7 Å². The standard InChI is InChI=1S/C58H112O17P2/c1-7-10-12-26-34-40-55(60)68-46-53(74-57(62)42-36-27-13-11-8-2)48-72-76(64,65)70-44-52(59)45-71-77(66,67)73-49-54(47-69-56(61)41-35-30-25-24-29-33-39-51(6)9-3)75-58(63)43-37-31-23-21-19-17-15-14-16-18-20-22-28-32-38-50(4)5/h50-54,59H,7-49H2,1-6H3,(H,64,65)(H,66,67)/t51?,52-,53+,54+/m0/s1. The van der Waals surface area contributed by atoms with Crippen molar-refractivity contribution in [3.05, 3.63) is 0 Å². The van der Waals surface area contributed by atoms with Crippen LogP contribution in [0.25, 0.3) is 0 Å². The van der Waals surface area contributed by atoms with Gasteiger partial charge in [-0.3, -0.25) is 37.3 Å². The number of carbonyl (C=O) groups excluding carboxylic acids is 4. The van der Waals surface area contributed by atoms with Crippen LogP contribution in [-0.4, -0.2) is 96.7 Å². The van der Waals surface area contributed by atoms with Gasteiger partial charge in [-0.2, -0.15) is 0 Å². The van der Waals surface area contributed by atoms with Gasteiger partial charge in [-0.1, -0.05) is 228 Å². The molecule has 0 rings (SSSR count). The highest BCUT2D eigenvalue weighted by molar-refractivity contribution is 7.47. The molecule has 0 aromatic heterocycles. The van der Waals surface area contributed by atoms with Crippen LogP contribution in [0.4, 0.5) is 0 Å². The maximum Gasteiger partial charge on any atom is 0.472 e. The fraction of sp³-hybridized carbons (Fsp3) is 0.931. The molecule has 0 spiro atoms. The number of hydrogen-bond acceptors (Lipinski definition) is 15. The average molecular weight is 1140 g/mol. The molecular weight excluding hydrogens is 1030 g/mol. The van der Waals surface area contributed by atoms with E-state index in [4.69, 9.17) is 37.0 Å². The highest BCUT2D eigenvalue weighted by Gasteiger charge is 2.30. The molecule has 456 valence electrons. The van der Waals surface area contributed by atoms with Crippen LogP contribution in [0.3, 0.4) is 0 Å². The van der Waals surface area contributed by atoms with Crippen LogP contribution in [0.15, 0.2) is 0 Å². The van der Waals surface area contributed by atoms with Crippen molar-refractivity contribution >= 4 is 39.5 Å². The first-order valence-electron chi connectivity index (χ1n) is 30.5. The SMILES string of the molecule is CCCCCCCC(=O)OC[C@H](COP(=O)(O)OC[C@H](O)COP(=O)(O)OC[C@@H](COC(=O)CCCCCCCCC(C)CC)OC(=O)CCCCCCCCCCCCCCCCC(C)C)OC(=O)CCCCCCC. The molecule has 17 nitrogen and oxygen atoms in total. The van der Waals surface area contributed by atoms with Crippen LogP contribution >= 0.6 is 15.6 Å². The maximum atomic E-state index is 12.9. The predicted molar refractivity (Wildman–Crippen MR) is 303 cm³/mol. The van der Waals surface area contributed by atoms with E-state index in [1.807, 2.05) is 0 Å². The molecule has 0 bridgehead atoms. The second kappa shape index (κ2) is 51.0. The molecule has 0 aliphatic rings. The molecule has 0 fully saturated rings. The normalized spacial score (nSPS) is 14.8. The molecule has 0 aliphatic carbocycles. The lowest BCUT2D eigenvalue weighted by molar-refractivity contribution is -0.161. The second-order valence-corrected chi connectivity index (χ2v) is 24.7. The topological polar surface area (TPSA) is 237 Å². The van der Waals surface area contributed by atoms with Crippen LogP contribution in [0.5, 0.6) is 0 Å². The van der Waals surface area contributed by atoms with E-state index in [1.54, 1.807) is 0 Å². The zero-order valence-electron chi connectivity index (χ0n) is 49.2. The Balaban J connectivity index is 5.10. The van der Waals surface area contributed by atoms with Crippen molar-refractivity contribution in [2.75, 3.05) is 39.6 Å². The lowest BCUT2D eigenvalue weighted by Gasteiger charge is -2.21. The Morgan fingerprint density at radius 1 is 0.377 bits per heavy atom. The van der Waals surface area contributed by atoms with Crippen LogP contribution in [0.2, 0.25) is 0 Å². The molecule has 0 saturated heterocycles. The Labute approximate surface area is 467 Å². The van der Waals surface area contributed by atoms with Crippen LogP contribution in [-0.2, 0) is 65.4 Å². The van der Waals surface area contributed by atoms with E-state index in [2.05, 4.69) is 41.5 Å². The van der Waals surface area contributed by atoms with E-state index in [0.717, 1.165) is 115 Å². The molecule has 0 heterocycles. The van der Waals surface area contributed by atoms with E-state index >= 15 is 0 Å². The summed E-state index contributed by atoms with van der Waals surface area (Å²) in [6.45, 7) is 9.24. The number of carbonyl (C=O) groups is 4. The van der Waals surface area contributed by atoms with Crippen molar-refractivity contribution in [3.8, 4) is 0 Å². The molecule has 6 atom stereocenters. The summed E-state index contributed by atoms with van der Waals surface area (Å²) in [6, 6.07) is 0. The first-order chi connectivity index (χ1) is 36.9. The van der Waals surface area contributed by atoms with Crippen molar-refractivity contribution in [2.24, 2.45) is 11.8 Å². The highest BCUT2D eigenvalue weighted by Crippen LogP contribution is 2.45. The molecule has 0 aliphatic heterocycles. The molecule has 3 N–H and O–H groups in total. The molecule has 77 heavy (non-hydrogen) atoms. The van der Waals surface area contributed by atoms with Crippen molar-refractivity contribution in [1.29, 1.82) is 0 Å². The summed E-state index contributed by atoms with van der Waals surface area (Å²) >= 11 is 0. The Morgan fingerprint density at radius 3 is 0.987 bits per heavy atom. The minimum atomic E-state index is -4.94. The number of aliphatic hydroxyl groups excluding tert-OH is 1. The molecule has 0 amide bonds. The summed E-state index contributed by atoms with van der Waals surface area (Å²) in [5.74, 6) is -0.640. The number of esters is 4. The quantitative estimate of drug-likeness (QED) is 0.0222. The smallest absolute Gasteiger partial charge is 0.462 e. The van der Waals surface area contributed by atoms with Crippen molar-refractivity contribution < 1.29 is 80.2 Å². The molecule has 0 radical (unpaired) electrons. The number of phosphoric ester groups is 2.